The van der Waals surface area contributed by atoms with Crippen molar-refractivity contribution in [3.8, 4) is 16.9 Å². The molecule has 1 fully saturated rings. The van der Waals surface area contributed by atoms with Gasteiger partial charge in [-0.2, -0.15) is 0 Å². The van der Waals surface area contributed by atoms with E-state index < -0.39 is 22.1 Å². The number of para-hydroxylation sites is 1. The van der Waals surface area contributed by atoms with Crippen LogP contribution in [-0.2, 0) is 19.6 Å². The van der Waals surface area contributed by atoms with Crippen molar-refractivity contribution in [2.45, 2.75) is 11.3 Å². The maximum Gasteiger partial charge on any atom is 0.452 e. The molecular formula is C24H21ClN2O7S. The first-order chi connectivity index (χ1) is 16.8. The van der Waals surface area contributed by atoms with Crippen LogP contribution in [0.25, 0.3) is 11.1 Å². The van der Waals surface area contributed by atoms with Crippen molar-refractivity contribution in [2.24, 2.45) is 0 Å². The molecule has 3 aromatic carbocycles. The Morgan fingerprint density at radius 1 is 0.943 bits per heavy atom. The molecule has 0 aliphatic carbocycles. The number of halogens is 1. The number of nitrogens with one attached hydrogen (secondary N) is 1. The van der Waals surface area contributed by atoms with Crippen LogP contribution in [0.4, 0.5) is 10.5 Å². The van der Waals surface area contributed by atoms with Crippen LogP contribution in [0.2, 0.25) is 5.02 Å². The topological polar surface area (TPSA) is 111 Å². The summed E-state index contributed by atoms with van der Waals surface area (Å²) in [7, 11) is -3.00. The Morgan fingerprint density at radius 3 is 2.14 bits per heavy atom. The number of sulfonamides is 1. The van der Waals surface area contributed by atoms with E-state index in [2.05, 4.69) is 4.72 Å². The van der Waals surface area contributed by atoms with Crippen LogP contribution >= 0.6 is 11.6 Å². The van der Waals surface area contributed by atoms with Crippen LogP contribution < -0.4 is 9.61 Å². The van der Waals surface area contributed by atoms with Gasteiger partial charge in [0.1, 0.15) is 5.69 Å². The van der Waals surface area contributed by atoms with Gasteiger partial charge in [0, 0.05) is 18.1 Å². The van der Waals surface area contributed by atoms with Gasteiger partial charge < -0.3 is 9.64 Å². The van der Waals surface area contributed by atoms with E-state index in [4.69, 9.17) is 26.1 Å². The molecule has 1 aliphatic rings. The molecule has 11 heteroatoms. The fourth-order valence-corrected chi connectivity index (χ4v) is 4.50. The van der Waals surface area contributed by atoms with Gasteiger partial charge in [0.05, 0.1) is 17.6 Å². The minimum absolute atomic E-state index is 0.0570. The molecule has 182 valence electrons. The Kier molecular flexibility index (Phi) is 7.13. The minimum Gasteiger partial charge on any atom is -0.465 e. The zero-order valence-electron chi connectivity index (χ0n) is 18.6. The molecule has 0 atom stereocenters. The summed E-state index contributed by atoms with van der Waals surface area (Å²) in [5.41, 5.74) is 1.31. The normalized spacial score (nSPS) is 12.9. The SMILES string of the molecule is COC(=O)c1cccc(OOC(=O)N2CCC2)c1NS(=O)(=O)c1ccc(-c2ccc(Cl)cc2)cc1. The van der Waals surface area contributed by atoms with Gasteiger partial charge in [-0.3, -0.25) is 9.61 Å². The predicted octanol–water partition coefficient (Wildman–Crippen LogP) is 4.73. The fourth-order valence-electron chi connectivity index (χ4n) is 3.28. The molecule has 1 N–H and O–H groups in total. The number of amides is 1. The summed E-state index contributed by atoms with van der Waals surface area (Å²) >= 11 is 5.92. The van der Waals surface area contributed by atoms with E-state index in [1.807, 2.05) is 12.1 Å². The molecule has 4 rings (SSSR count). The van der Waals surface area contributed by atoms with Crippen LogP contribution in [0.15, 0.2) is 71.6 Å². The van der Waals surface area contributed by atoms with E-state index in [-0.39, 0.29) is 21.9 Å². The average Bonchev–Trinajstić information content (AvgIpc) is 2.82. The van der Waals surface area contributed by atoms with Crippen molar-refractivity contribution in [3.05, 3.63) is 77.3 Å². The molecule has 0 radical (unpaired) electrons. The summed E-state index contributed by atoms with van der Waals surface area (Å²) in [6.07, 6.45) is 0.140. The van der Waals surface area contributed by atoms with E-state index in [9.17, 15) is 18.0 Å². The molecule has 35 heavy (non-hydrogen) atoms. The van der Waals surface area contributed by atoms with E-state index in [0.29, 0.717) is 18.1 Å². The van der Waals surface area contributed by atoms with Gasteiger partial charge in [-0.15, -0.1) is 0 Å². The van der Waals surface area contributed by atoms with Crippen LogP contribution in [0.1, 0.15) is 16.8 Å². The highest BCUT2D eigenvalue weighted by Crippen LogP contribution is 2.32. The van der Waals surface area contributed by atoms with Crippen molar-refractivity contribution in [3.63, 3.8) is 0 Å². The number of methoxy groups -OCH3 is 1. The second-order valence-corrected chi connectivity index (χ2v) is 9.70. The summed E-state index contributed by atoms with van der Waals surface area (Å²) < 4.78 is 33.4. The highest BCUT2D eigenvalue weighted by atomic mass is 35.5. The Balaban J connectivity index is 1.60. The van der Waals surface area contributed by atoms with E-state index in [1.54, 1.807) is 24.3 Å². The molecule has 1 amide bonds. The van der Waals surface area contributed by atoms with Crippen LogP contribution in [0.3, 0.4) is 0 Å². The molecule has 0 unspecified atom stereocenters. The third kappa shape index (κ3) is 5.50. The Bertz CT molecular complexity index is 1340. The lowest BCUT2D eigenvalue weighted by atomic mass is 10.1. The maximum atomic E-state index is 13.2. The van der Waals surface area contributed by atoms with Crippen LogP contribution in [0, 0.1) is 0 Å². The van der Waals surface area contributed by atoms with Crippen LogP contribution in [0.5, 0.6) is 5.75 Å². The van der Waals surface area contributed by atoms with Gasteiger partial charge in [0.2, 0.25) is 5.75 Å². The molecule has 0 aromatic heterocycles. The zero-order chi connectivity index (χ0) is 25.0. The monoisotopic (exact) mass is 516 g/mol. The number of hydrogen-bond donors (Lipinski definition) is 1. The Morgan fingerprint density at radius 2 is 1.57 bits per heavy atom. The first-order valence-corrected chi connectivity index (χ1v) is 12.4. The predicted molar refractivity (Wildman–Crippen MR) is 129 cm³/mol. The summed E-state index contributed by atoms with van der Waals surface area (Å²) in [5.74, 6) is -0.983. The van der Waals surface area contributed by atoms with Crippen LogP contribution in [-0.4, -0.2) is 45.6 Å². The third-order valence-electron chi connectivity index (χ3n) is 5.33. The maximum absolute atomic E-state index is 13.2. The number of likely N-dealkylation sites (tertiary alicyclic amines) is 1. The minimum atomic E-state index is -4.16. The number of ether oxygens (including phenoxy) is 1. The van der Waals surface area contributed by atoms with Crippen molar-refractivity contribution in [1.29, 1.82) is 0 Å². The molecule has 3 aromatic rings. The van der Waals surface area contributed by atoms with E-state index in [0.717, 1.165) is 24.7 Å². The number of carbonyl (C=O) groups is 2. The Labute approximate surface area is 207 Å². The van der Waals surface area contributed by atoms with Gasteiger partial charge in [-0.05, 0) is 53.9 Å². The zero-order valence-corrected chi connectivity index (χ0v) is 20.1. The van der Waals surface area contributed by atoms with Gasteiger partial charge in [0.25, 0.3) is 10.0 Å². The second kappa shape index (κ2) is 10.2. The molecule has 1 heterocycles. The Hall–Kier alpha value is -3.76. The van der Waals surface area contributed by atoms with Gasteiger partial charge in [-0.1, -0.05) is 41.9 Å². The number of nitrogens with zero attached hydrogens (tertiary/aromatic N) is 1. The highest BCUT2D eigenvalue weighted by Gasteiger charge is 2.26. The number of esters is 1. The molecule has 1 saturated heterocycles. The van der Waals surface area contributed by atoms with E-state index in [1.165, 1.54) is 35.2 Å². The number of benzene rings is 3. The molecule has 0 spiro atoms. The quantitative estimate of drug-likeness (QED) is 0.274. The highest BCUT2D eigenvalue weighted by molar-refractivity contribution is 7.92. The lowest BCUT2D eigenvalue weighted by Gasteiger charge is -2.28. The lowest BCUT2D eigenvalue weighted by Crippen LogP contribution is -2.42. The average molecular weight is 517 g/mol. The lowest BCUT2D eigenvalue weighted by molar-refractivity contribution is -0.157. The van der Waals surface area contributed by atoms with Gasteiger partial charge in [-0.25, -0.2) is 22.9 Å². The molecule has 0 saturated carbocycles. The van der Waals surface area contributed by atoms with Crippen molar-refractivity contribution >= 4 is 39.4 Å². The number of hydrogen-bond acceptors (Lipinski definition) is 7. The standard InChI is InChI=1S/C24H21ClN2O7S/c1-32-23(28)20-4-2-5-21(33-34-24(29)27-14-3-15-27)22(20)26-35(30,31)19-12-8-17(9-13-19)16-6-10-18(25)11-7-16/h2,4-13,26H,3,14-15H2,1H3. The summed E-state index contributed by atoms with van der Waals surface area (Å²) in [6.45, 7) is 1.08. The third-order valence-corrected chi connectivity index (χ3v) is 6.94. The van der Waals surface area contributed by atoms with Gasteiger partial charge >= 0.3 is 12.1 Å². The molecular weight excluding hydrogens is 496 g/mol. The summed E-state index contributed by atoms with van der Waals surface area (Å²) in [5, 5.41) is 0.593. The second-order valence-electron chi connectivity index (χ2n) is 7.58. The smallest absolute Gasteiger partial charge is 0.452 e. The van der Waals surface area contributed by atoms with Crippen molar-refractivity contribution in [2.75, 3.05) is 24.9 Å². The summed E-state index contributed by atoms with van der Waals surface area (Å²) in [6, 6.07) is 17.4. The molecule has 1 aliphatic heterocycles. The molecule has 0 bridgehead atoms. The summed E-state index contributed by atoms with van der Waals surface area (Å²) in [4.78, 5) is 35.6. The molecule has 9 nitrogen and oxygen atoms in total. The number of anilines is 1. The first-order valence-electron chi connectivity index (χ1n) is 10.5. The van der Waals surface area contributed by atoms with E-state index >= 15 is 0 Å². The van der Waals surface area contributed by atoms with Crippen molar-refractivity contribution < 1.29 is 32.5 Å². The largest absolute Gasteiger partial charge is 0.465 e. The number of rotatable bonds is 7. The first kappa shape index (κ1) is 24.4. The van der Waals surface area contributed by atoms with Gasteiger partial charge in [0.15, 0.2) is 0 Å². The van der Waals surface area contributed by atoms with Crippen molar-refractivity contribution in [1.82, 2.24) is 4.90 Å². The fraction of sp³-hybridized carbons (Fsp3) is 0.167. The number of carbonyl (C=O) groups excluding carboxylic acids is 2.